The first kappa shape index (κ1) is 17.1. The molecule has 1 atom stereocenters. The van der Waals surface area contributed by atoms with E-state index in [0.717, 1.165) is 28.4 Å². The van der Waals surface area contributed by atoms with Gasteiger partial charge in [0.25, 0.3) is 0 Å². The summed E-state index contributed by atoms with van der Waals surface area (Å²) >= 11 is 0. The van der Waals surface area contributed by atoms with Crippen LogP contribution in [0.15, 0.2) is 71.3 Å². The second kappa shape index (κ2) is 8.40. The summed E-state index contributed by atoms with van der Waals surface area (Å²) in [5.41, 5.74) is 8.39. The molecule has 0 amide bonds. The van der Waals surface area contributed by atoms with Gasteiger partial charge in [-0.3, -0.25) is 0 Å². The van der Waals surface area contributed by atoms with Gasteiger partial charge < -0.3 is 19.6 Å². The zero-order chi connectivity index (χ0) is 17.5. The number of hydrogen-bond acceptors (Lipinski definition) is 4. The van der Waals surface area contributed by atoms with Crippen LogP contribution in [0.4, 0.5) is 0 Å². The summed E-state index contributed by atoms with van der Waals surface area (Å²) in [5, 5.41) is 0. The molecule has 2 aromatic carbocycles. The molecule has 3 rings (SSSR count). The summed E-state index contributed by atoms with van der Waals surface area (Å²) in [6.07, 6.45) is 2.25. The van der Waals surface area contributed by atoms with Crippen molar-refractivity contribution in [2.45, 2.75) is 26.0 Å². The molecule has 0 fully saturated rings. The van der Waals surface area contributed by atoms with Crippen molar-refractivity contribution in [1.82, 2.24) is 0 Å². The quantitative estimate of drug-likeness (QED) is 0.657. The Kier molecular flexibility index (Phi) is 5.75. The molecular formula is C21H23NO3. The number of nitrogens with two attached hydrogens (primary N) is 1. The van der Waals surface area contributed by atoms with Crippen molar-refractivity contribution in [1.29, 1.82) is 0 Å². The second-order valence-electron chi connectivity index (χ2n) is 5.78. The molecule has 0 aliphatic heterocycles. The minimum atomic E-state index is -0.231. The highest BCUT2D eigenvalue weighted by Crippen LogP contribution is 2.34. The van der Waals surface area contributed by atoms with Crippen LogP contribution in [0, 0.1) is 0 Å². The molecule has 4 heteroatoms. The normalized spacial score (nSPS) is 11.9. The van der Waals surface area contributed by atoms with Gasteiger partial charge >= 0.3 is 0 Å². The molecule has 0 aliphatic rings. The van der Waals surface area contributed by atoms with Gasteiger partial charge in [-0.05, 0) is 37.1 Å². The Bertz CT molecular complexity index is 769. The fraction of sp³-hybridized carbons (Fsp3) is 0.238. The minimum absolute atomic E-state index is 0.231. The maximum Gasteiger partial charge on any atom is 0.164 e. The van der Waals surface area contributed by atoms with E-state index >= 15 is 0 Å². The van der Waals surface area contributed by atoms with Crippen LogP contribution in [0.1, 0.15) is 29.9 Å². The first-order valence-electron chi connectivity index (χ1n) is 8.48. The molecular weight excluding hydrogens is 314 g/mol. The van der Waals surface area contributed by atoms with E-state index in [-0.39, 0.29) is 6.04 Å². The van der Waals surface area contributed by atoms with Crippen molar-refractivity contribution < 1.29 is 13.9 Å². The molecule has 0 radical (unpaired) electrons. The monoisotopic (exact) mass is 337 g/mol. The number of furan rings is 1. The maximum absolute atomic E-state index is 6.28. The molecule has 25 heavy (non-hydrogen) atoms. The lowest BCUT2D eigenvalue weighted by Gasteiger charge is -2.18. The zero-order valence-electron chi connectivity index (χ0n) is 14.4. The molecule has 1 heterocycles. The van der Waals surface area contributed by atoms with Gasteiger partial charge in [0.05, 0.1) is 18.9 Å². The van der Waals surface area contributed by atoms with E-state index < -0.39 is 0 Å². The van der Waals surface area contributed by atoms with Crippen molar-refractivity contribution >= 4 is 0 Å². The van der Waals surface area contributed by atoms with Crippen LogP contribution in [0.3, 0.4) is 0 Å². The molecule has 1 aromatic heterocycles. The standard InChI is InChI=1S/C21H23NO3/c1-2-23-20-11-6-10-17(14-18(22)19-12-7-13-24-19)21(20)25-15-16-8-4-3-5-9-16/h3-13,18H,2,14-15,22H2,1H3. The van der Waals surface area contributed by atoms with Crippen LogP contribution in [-0.4, -0.2) is 6.61 Å². The number of benzene rings is 2. The van der Waals surface area contributed by atoms with E-state index in [0.29, 0.717) is 19.6 Å². The summed E-state index contributed by atoms with van der Waals surface area (Å²) in [7, 11) is 0. The van der Waals surface area contributed by atoms with E-state index in [2.05, 4.69) is 0 Å². The van der Waals surface area contributed by atoms with Crippen LogP contribution < -0.4 is 15.2 Å². The topological polar surface area (TPSA) is 57.6 Å². The third-order valence-electron chi connectivity index (χ3n) is 3.93. The molecule has 0 spiro atoms. The summed E-state index contributed by atoms with van der Waals surface area (Å²) in [6, 6.07) is 19.5. The Morgan fingerprint density at radius 3 is 2.52 bits per heavy atom. The second-order valence-corrected chi connectivity index (χ2v) is 5.78. The Morgan fingerprint density at radius 2 is 1.80 bits per heavy atom. The summed E-state index contributed by atoms with van der Waals surface area (Å²) in [6.45, 7) is 3.02. The van der Waals surface area contributed by atoms with Crippen molar-refractivity contribution in [2.75, 3.05) is 6.61 Å². The van der Waals surface area contributed by atoms with Crippen LogP contribution in [0.5, 0.6) is 11.5 Å². The van der Waals surface area contributed by atoms with Crippen molar-refractivity contribution in [3.63, 3.8) is 0 Å². The molecule has 0 saturated carbocycles. The average Bonchev–Trinajstić information content (AvgIpc) is 3.17. The van der Waals surface area contributed by atoms with Crippen molar-refractivity contribution in [3.8, 4) is 11.5 Å². The van der Waals surface area contributed by atoms with Crippen molar-refractivity contribution in [3.05, 3.63) is 83.8 Å². The highest BCUT2D eigenvalue weighted by Gasteiger charge is 2.16. The highest BCUT2D eigenvalue weighted by atomic mass is 16.5. The van der Waals surface area contributed by atoms with Gasteiger partial charge in [-0.25, -0.2) is 0 Å². The fourth-order valence-electron chi connectivity index (χ4n) is 2.72. The maximum atomic E-state index is 6.28. The lowest BCUT2D eigenvalue weighted by molar-refractivity contribution is 0.266. The Labute approximate surface area is 148 Å². The number of para-hydroxylation sites is 1. The first-order chi connectivity index (χ1) is 12.3. The molecule has 0 aliphatic carbocycles. The predicted molar refractivity (Wildman–Crippen MR) is 97.7 cm³/mol. The molecule has 1 unspecified atom stereocenters. The molecule has 4 nitrogen and oxygen atoms in total. The Hall–Kier alpha value is -2.72. The van der Waals surface area contributed by atoms with E-state index in [4.69, 9.17) is 19.6 Å². The lowest BCUT2D eigenvalue weighted by atomic mass is 10.0. The first-order valence-corrected chi connectivity index (χ1v) is 8.48. The predicted octanol–water partition coefficient (Wildman–Crippen LogP) is 4.50. The van der Waals surface area contributed by atoms with E-state index in [1.54, 1.807) is 6.26 Å². The minimum Gasteiger partial charge on any atom is -0.490 e. The fourth-order valence-corrected chi connectivity index (χ4v) is 2.72. The van der Waals surface area contributed by atoms with Gasteiger partial charge in [0.1, 0.15) is 12.4 Å². The number of ether oxygens (including phenoxy) is 2. The van der Waals surface area contributed by atoms with E-state index in [1.165, 1.54) is 0 Å². The average molecular weight is 337 g/mol. The molecule has 0 bridgehead atoms. The van der Waals surface area contributed by atoms with Gasteiger partial charge in [0, 0.05) is 5.56 Å². The number of rotatable bonds is 8. The smallest absolute Gasteiger partial charge is 0.164 e. The molecule has 0 saturated heterocycles. The largest absolute Gasteiger partial charge is 0.490 e. The number of hydrogen-bond donors (Lipinski definition) is 1. The zero-order valence-corrected chi connectivity index (χ0v) is 14.4. The van der Waals surface area contributed by atoms with Crippen molar-refractivity contribution in [2.24, 2.45) is 5.73 Å². The summed E-state index contributed by atoms with van der Waals surface area (Å²) in [4.78, 5) is 0. The Balaban J connectivity index is 1.82. The Morgan fingerprint density at radius 1 is 0.960 bits per heavy atom. The highest BCUT2D eigenvalue weighted by molar-refractivity contribution is 5.47. The van der Waals surface area contributed by atoms with Gasteiger partial charge in [-0.15, -0.1) is 0 Å². The third kappa shape index (κ3) is 4.43. The molecule has 3 aromatic rings. The van der Waals surface area contributed by atoms with Crippen LogP contribution in [0.2, 0.25) is 0 Å². The molecule has 130 valence electrons. The lowest BCUT2D eigenvalue weighted by Crippen LogP contribution is -2.13. The summed E-state index contributed by atoms with van der Waals surface area (Å²) in [5.74, 6) is 2.24. The van der Waals surface area contributed by atoms with E-state index in [1.807, 2.05) is 67.6 Å². The third-order valence-corrected chi connectivity index (χ3v) is 3.93. The van der Waals surface area contributed by atoms with Crippen LogP contribution in [-0.2, 0) is 13.0 Å². The van der Waals surface area contributed by atoms with Gasteiger partial charge in [-0.2, -0.15) is 0 Å². The SMILES string of the molecule is CCOc1cccc(CC(N)c2ccco2)c1OCc1ccccc1. The van der Waals surface area contributed by atoms with Gasteiger partial charge in [-0.1, -0.05) is 42.5 Å². The molecule has 2 N–H and O–H groups in total. The van der Waals surface area contributed by atoms with Gasteiger partial charge in [0.15, 0.2) is 11.5 Å². The summed E-state index contributed by atoms with van der Waals surface area (Å²) < 4.78 is 17.3. The van der Waals surface area contributed by atoms with Crippen LogP contribution in [0.25, 0.3) is 0 Å². The van der Waals surface area contributed by atoms with Gasteiger partial charge in [0.2, 0.25) is 0 Å². The van der Waals surface area contributed by atoms with E-state index in [9.17, 15) is 0 Å². The van der Waals surface area contributed by atoms with Crippen LogP contribution >= 0.6 is 0 Å².